The first-order valence-electron chi connectivity index (χ1n) is 6.00. The van der Waals surface area contributed by atoms with Gasteiger partial charge in [0.05, 0.1) is 10.2 Å². The van der Waals surface area contributed by atoms with Crippen LogP contribution in [-0.2, 0) is 6.42 Å². The van der Waals surface area contributed by atoms with Gasteiger partial charge >= 0.3 is 0 Å². The molecule has 18 heavy (non-hydrogen) atoms. The van der Waals surface area contributed by atoms with E-state index in [9.17, 15) is 0 Å². The molecule has 4 heteroatoms. The van der Waals surface area contributed by atoms with E-state index in [2.05, 4.69) is 55.5 Å². The van der Waals surface area contributed by atoms with E-state index in [1.807, 2.05) is 14.0 Å². The number of benzene rings is 1. The highest BCUT2D eigenvalue weighted by Gasteiger charge is 2.30. The lowest BCUT2D eigenvalue weighted by molar-refractivity contribution is 0.656. The fourth-order valence-electron chi connectivity index (χ4n) is 2.39. The Labute approximate surface area is 115 Å². The molecule has 0 aliphatic heterocycles. The van der Waals surface area contributed by atoms with Crippen LogP contribution in [0.2, 0.25) is 0 Å². The molecule has 1 unspecified atom stereocenters. The maximum Gasteiger partial charge on any atom is 0.144 e. The van der Waals surface area contributed by atoms with E-state index >= 15 is 0 Å². The second kappa shape index (κ2) is 4.35. The number of halogens is 1. The third kappa shape index (κ3) is 1.72. The van der Waals surface area contributed by atoms with Crippen molar-refractivity contribution < 1.29 is 0 Å². The number of fused-ring (bicyclic) bond motifs is 1. The Kier molecular flexibility index (Phi) is 2.82. The van der Waals surface area contributed by atoms with Gasteiger partial charge in [-0.25, -0.2) is 9.97 Å². The molecule has 92 valence electrons. The van der Waals surface area contributed by atoms with Gasteiger partial charge in [-0.3, -0.25) is 0 Å². The number of hydrogen-bond acceptors (Lipinski definition) is 3. The van der Waals surface area contributed by atoms with Crippen molar-refractivity contribution in [3.63, 3.8) is 0 Å². The molecule has 3 rings (SSSR count). The quantitative estimate of drug-likeness (QED) is 0.925. The minimum Gasteiger partial charge on any atom is -0.372 e. The number of nitrogens with zero attached hydrogens (tertiary/aromatic N) is 2. The van der Waals surface area contributed by atoms with E-state index in [4.69, 9.17) is 0 Å². The second-order valence-electron chi connectivity index (χ2n) is 4.54. The first-order chi connectivity index (χ1) is 8.70. The first kappa shape index (κ1) is 11.7. The lowest BCUT2D eigenvalue weighted by Crippen LogP contribution is -2.21. The molecule has 0 fully saturated rings. The van der Waals surface area contributed by atoms with Crippen molar-refractivity contribution in [3.8, 4) is 0 Å². The molecule has 0 bridgehead atoms. The predicted octanol–water partition coefficient (Wildman–Crippen LogP) is 3.28. The van der Waals surface area contributed by atoms with E-state index in [1.54, 1.807) is 0 Å². The molecule has 3 nitrogen and oxygen atoms in total. The summed E-state index contributed by atoms with van der Waals surface area (Å²) in [4.78, 5) is 9.21. The highest BCUT2D eigenvalue weighted by molar-refractivity contribution is 9.10. The van der Waals surface area contributed by atoms with Crippen molar-refractivity contribution >= 4 is 21.7 Å². The normalized spacial score (nSPS) is 16.9. The Hall–Kier alpha value is -1.42. The smallest absolute Gasteiger partial charge is 0.144 e. The lowest BCUT2D eigenvalue weighted by Gasteiger charge is -2.29. The third-order valence-corrected chi connectivity index (χ3v) is 4.39. The summed E-state index contributed by atoms with van der Waals surface area (Å²) in [7, 11) is 1.88. The predicted molar refractivity (Wildman–Crippen MR) is 76.0 cm³/mol. The average Bonchev–Trinajstić information content (AvgIpc) is 2.35. The molecule has 0 spiro atoms. The van der Waals surface area contributed by atoms with Crippen molar-refractivity contribution in [2.75, 3.05) is 12.4 Å². The zero-order chi connectivity index (χ0) is 12.7. The molecular formula is C14H14BrN3. The molecule has 1 N–H and O–H groups in total. The molecule has 2 aromatic rings. The summed E-state index contributed by atoms with van der Waals surface area (Å²) in [6, 6.07) is 8.51. The second-order valence-corrected chi connectivity index (χ2v) is 5.33. The van der Waals surface area contributed by atoms with Crippen LogP contribution in [0.3, 0.4) is 0 Å². The number of nitrogens with one attached hydrogen (secondary N) is 1. The maximum absolute atomic E-state index is 4.60. The molecule has 1 aliphatic rings. The van der Waals surface area contributed by atoms with Gasteiger partial charge in [0.1, 0.15) is 11.6 Å². The Bertz CT molecular complexity index is 610. The van der Waals surface area contributed by atoms with Gasteiger partial charge < -0.3 is 5.32 Å². The van der Waals surface area contributed by atoms with Gasteiger partial charge in [-0.05, 0) is 40.4 Å². The highest BCUT2D eigenvalue weighted by atomic mass is 79.9. The average molecular weight is 304 g/mol. The summed E-state index contributed by atoms with van der Waals surface area (Å²) in [5.41, 5.74) is 3.76. The molecule has 1 aromatic heterocycles. The van der Waals surface area contributed by atoms with E-state index in [1.165, 1.54) is 11.1 Å². The molecule has 0 amide bonds. The van der Waals surface area contributed by atoms with Crippen molar-refractivity contribution in [2.24, 2.45) is 0 Å². The van der Waals surface area contributed by atoms with E-state index in [0.29, 0.717) is 5.92 Å². The van der Waals surface area contributed by atoms with Gasteiger partial charge in [-0.2, -0.15) is 0 Å². The van der Waals surface area contributed by atoms with Crippen LogP contribution >= 0.6 is 15.9 Å². The van der Waals surface area contributed by atoms with Crippen LogP contribution in [0.15, 0.2) is 28.7 Å². The molecule has 1 atom stereocenters. The highest BCUT2D eigenvalue weighted by Crippen LogP contribution is 2.39. The minimum atomic E-state index is 0.347. The van der Waals surface area contributed by atoms with Crippen LogP contribution in [0.5, 0.6) is 0 Å². The van der Waals surface area contributed by atoms with Crippen molar-refractivity contribution in [2.45, 2.75) is 19.3 Å². The van der Waals surface area contributed by atoms with Gasteiger partial charge in [0.2, 0.25) is 0 Å². The molecule has 0 saturated carbocycles. The van der Waals surface area contributed by atoms with Crippen molar-refractivity contribution in [1.29, 1.82) is 0 Å². The Morgan fingerprint density at radius 1 is 1.28 bits per heavy atom. The molecular weight excluding hydrogens is 290 g/mol. The van der Waals surface area contributed by atoms with Crippen LogP contribution in [0.4, 0.5) is 5.82 Å². The topological polar surface area (TPSA) is 37.8 Å². The summed E-state index contributed by atoms with van der Waals surface area (Å²) >= 11 is 3.51. The molecule has 0 saturated heterocycles. The number of hydrogen-bond donors (Lipinski definition) is 1. The van der Waals surface area contributed by atoms with Gasteiger partial charge in [0, 0.05) is 13.0 Å². The molecule has 1 heterocycles. The standard InChI is InChI=1S/C14H14BrN3/c1-8-12(15)14(16-2)18-13(17-8)11-7-9-5-3-4-6-10(9)11/h3-6,11H,7H2,1-2H3,(H,16,17,18). The molecule has 1 aromatic carbocycles. The summed E-state index contributed by atoms with van der Waals surface area (Å²) in [6.45, 7) is 2.00. The Morgan fingerprint density at radius 2 is 2.06 bits per heavy atom. The van der Waals surface area contributed by atoms with Crippen LogP contribution in [0.1, 0.15) is 28.6 Å². The van der Waals surface area contributed by atoms with Gasteiger partial charge in [-0.15, -0.1) is 0 Å². The van der Waals surface area contributed by atoms with Gasteiger partial charge in [0.25, 0.3) is 0 Å². The zero-order valence-corrected chi connectivity index (χ0v) is 12.0. The van der Waals surface area contributed by atoms with Crippen molar-refractivity contribution in [1.82, 2.24) is 9.97 Å². The Morgan fingerprint density at radius 3 is 2.78 bits per heavy atom. The largest absolute Gasteiger partial charge is 0.372 e. The first-order valence-corrected chi connectivity index (χ1v) is 6.79. The Balaban J connectivity index is 2.03. The van der Waals surface area contributed by atoms with Crippen LogP contribution in [0.25, 0.3) is 0 Å². The third-order valence-electron chi connectivity index (χ3n) is 3.44. The van der Waals surface area contributed by atoms with Crippen LogP contribution in [-0.4, -0.2) is 17.0 Å². The minimum absolute atomic E-state index is 0.347. The zero-order valence-electron chi connectivity index (χ0n) is 10.4. The van der Waals surface area contributed by atoms with Gasteiger partial charge in [0.15, 0.2) is 0 Å². The molecule has 0 radical (unpaired) electrons. The van der Waals surface area contributed by atoms with Gasteiger partial charge in [-0.1, -0.05) is 24.3 Å². The number of anilines is 1. The fourth-order valence-corrected chi connectivity index (χ4v) is 2.77. The fraction of sp³-hybridized carbons (Fsp3) is 0.286. The lowest BCUT2D eigenvalue weighted by atomic mass is 9.77. The SMILES string of the molecule is CNc1nc(C2Cc3ccccc32)nc(C)c1Br. The maximum atomic E-state index is 4.60. The van der Waals surface area contributed by atoms with Crippen LogP contribution in [0, 0.1) is 6.92 Å². The van der Waals surface area contributed by atoms with E-state index in [-0.39, 0.29) is 0 Å². The summed E-state index contributed by atoms with van der Waals surface area (Å²) in [6.07, 6.45) is 1.04. The van der Waals surface area contributed by atoms with Crippen molar-refractivity contribution in [3.05, 3.63) is 51.4 Å². The summed E-state index contributed by atoms with van der Waals surface area (Å²) in [5.74, 6) is 2.13. The summed E-state index contributed by atoms with van der Waals surface area (Å²) < 4.78 is 0.946. The monoisotopic (exact) mass is 303 g/mol. The number of aromatic nitrogens is 2. The van der Waals surface area contributed by atoms with Crippen LogP contribution < -0.4 is 5.32 Å². The van der Waals surface area contributed by atoms with E-state index in [0.717, 1.165) is 28.2 Å². The molecule has 1 aliphatic carbocycles. The van der Waals surface area contributed by atoms with E-state index < -0.39 is 0 Å². The number of aryl methyl sites for hydroxylation is 1. The number of rotatable bonds is 2. The summed E-state index contributed by atoms with van der Waals surface area (Å²) in [5, 5.41) is 3.11.